The van der Waals surface area contributed by atoms with Crippen molar-refractivity contribution < 1.29 is 13.9 Å². The van der Waals surface area contributed by atoms with Crippen LogP contribution in [0.15, 0.2) is 42.6 Å². The van der Waals surface area contributed by atoms with Crippen molar-refractivity contribution in [1.29, 1.82) is 0 Å². The molecule has 0 bridgehead atoms. The first-order chi connectivity index (χ1) is 13.4. The van der Waals surface area contributed by atoms with Crippen molar-refractivity contribution >= 4 is 28.5 Å². The third kappa shape index (κ3) is 3.47. The predicted molar refractivity (Wildman–Crippen MR) is 110 cm³/mol. The van der Waals surface area contributed by atoms with Crippen LogP contribution in [-0.2, 0) is 9.53 Å². The molecule has 2 unspecified atom stereocenters. The molecule has 2 aromatic carbocycles. The highest BCUT2D eigenvalue weighted by atomic mass is 19.1. The molecular formula is C22H24FN3O2. The number of halogens is 1. The van der Waals surface area contributed by atoms with E-state index in [4.69, 9.17) is 4.74 Å². The zero-order valence-corrected chi connectivity index (χ0v) is 16.3. The van der Waals surface area contributed by atoms with Crippen LogP contribution in [0.4, 0.5) is 21.5 Å². The number of aryl methyl sites for hydroxylation is 1. The quantitative estimate of drug-likeness (QED) is 0.784. The van der Waals surface area contributed by atoms with E-state index < -0.39 is 0 Å². The molecule has 146 valence electrons. The summed E-state index contributed by atoms with van der Waals surface area (Å²) in [5.41, 5.74) is 4.41. The lowest BCUT2D eigenvalue weighted by atomic mass is 10.0. The van der Waals surface area contributed by atoms with Crippen molar-refractivity contribution in [2.75, 3.05) is 28.6 Å². The summed E-state index contributed by atoms with van der Waals surface area (Å²) in [5.74, 6) is -0.456. The summed E-state index contributed by atoms with van der Waals surface area (Å²) >= 11 is 0. The molecule has 5 nitrogen and oxygen atoms in total. The van der Waals surface area contributed by atoms with Gasteiger partial charge in [-0.2, -0.15) is 0 Å². The SMILES string of the molecule is Cc1cccc2c1C(=CNc1ccc(N3CC(C)OC(C)C3)c(F)c1)C(=O)N2. The van der Waals surface area contributed by atoms with E-state index in [9.17, 15) is 9.18 Å². The number of amides is 1. The van der Waals surface area contributed by atoms with Crippen molar-refractivity contribution in [3.05, 3.63) is 59.5 Å². The number of ether oxygens (including phenoxy) is 1. The first-order valence-electron chi connectivity index (χ1n) is 9.50. The number of rotatable bonds is 3. The van der Waals surface area contributed by atoms with Gasteiger partial charge in [-0.05, 0) is 50.6 Å². The van der Waals surface area contributed by atoms with Gasteiger partial charge in [0.05, 0.1) is 23.5 Å². The molecule has 1 amide bonds. The van der Waals surface area contributed by atoms with E-state index in [0.29, 0.717) is 30.0 Å². The van der Waals surface area contributed by atoms with Crippen LogP contribution in [0.2, 0.25) is 0 Å². The lowest BCUT2D eigenvalue weighted by molar-refractivity contribution is -0.110. The number of anilines is 3. The van der Waals surface area contributed by atoms with Crippen LogP contribution in [0.5, 0.6) is 0 Å². The third-order valence-electron chi connectivity index (χ3n) is 5.13. The predicted octanol–water partition coefficient (Wildman–Crippen LogP) is 4.15. The summed E-state index contributed by atoms with van der Waals surface area (Å²) in [6.07, 6.45) is 1.77. The highest BCUT2D eigenvalue weighted by Gasteiger charge is 2.26. The highest BCUT2D eigenvalue weighted by Crippen LogP contribution is 2.34. The standard InChI is InChI=1S/C22H24FN3O2/c1-13-5-4-6-19-21(13)17(22(27)25-19)10-24-16-7-8-20(18(23)9-16)26-11-14(2)28-15(3)12-26/h4-10,14-15,24H,11-12H2,1-3H3,(H,25,27). The van der Waals surface area contributed by atoms with E-state index in [1.54, 1.807) is 12.3 Å². The van der Waals surface area contributed by atoms with Gasteiger partial charge in [0.1, 0.15) is 5.82 Å². The molecular weight excluding hydrogens is 357 g/mol. The lowest BCUT2D eigenvalue weighted by Crippen LogP contribution is -2.45. The summed E-state index contributed by atoms with van der Waals surface area (Å²) < 4.78 is 20.5. The summed E-state index contributed by atoms with van der Waals surface area (Å²) in [4.78, 5) is 14.3. The molecule has 2 aromatic rings. The Hall–Kier alpha value is -2.86. The van der Waals surface area contributed by atoms with Gasteiger partial charge in [-0.15, -0.1) is 0 Å². The molecule has 2 N–H and O–H groups in total. The number of nitrogens with one attached hydrogen (secondary N) is 2. The normalized spacial score (nSPS) is 22.9. The molecule has 0 radical (unpaired) electrons. The van der Waals surface area contributed by atoms with Gasteiger partial charge in [0.25, 0.3) is 5.91 Å². The Balaban J connectivity index is 1.55. The van der Waals surface area contributed by atoms with Crippen LogP contribution >= 0.6 is 0 Å². The van der Waals surface area contributed by atoms with Crippen molar-refractivity contribution in [3.8, 4) is 0 Å². The van der Waals surface area contributed by atoms with Crippen LogP contribution in [-0.4, -0.2) is 31.2 Å². The average molecular weight is 381 g/mol. The molecule has 6 heteroatoms. The van der Waals surface area contributed by atoms with E-state index >= 15 is 0 Å². The largest absolute Gasteiger partial charge is 0.372 e. The van der Waals surface area contributed by atoms with Gasteiger partial charge in [0.2, 0.25) is 0 Å². The Morgan fingerprint density at radius 2 is 1.96 bits per heavy atom. The molecule has 2 aliphatic rings. The highest BCUT2D eigenvalue weighted by molar-refractivity contribution is 6.32. The fraction of sp³-hybridized carbons (Fsp3) is 0.318. The Morgan fingerprint density at radius 3 is 2.68 bits per heavy atom. The van der Waals surface area contributed by atoms with Gasteiger partial charge in [-0.1, -0.05) is 12.1 Å². The Morgan fingerprint density at radius 1 is 1.21 bits per heavy atom. The Kier molecular flexibility index (Phi) is 4.81. The zero-order valence-electron chi connectivity index (χ0n) is 16.3. The van der Waals surface area contributed by atoms with Crippen molar-refractivity contribution in [2.45, 2.75) is 33.0 Å². The number of benzene rings is 2. The van der Waals surface area contributed by atoms with Gasteiger partial charge < -0.3 is 20.3 Å². The lowest BCUT2D eigenvalue weighted by Gasteiger charge is -2.37. The van der Waals surface area contributed by atoms with Gasteiger partial charge in [-0.3, -0.25) is 4.79 Å². The molecule has 2 aliphatic heterocycles. The molecule has 28 heavy (non-hydrogen) atoms. The second-order valence-corrected chi connectivity index (χ2v) is 7.48. The van der Waals surface area contributed by atoms with E-state index in [2.05, 4.69) is 10.6 Å². The number of carbonyl (C=O) groups is 1. The number of carbonyl (C=O) groups excluding carboxylic acids is 1. The average Bonchev–Trinajstić information content (AvgIpc) is 2.95. The first kappa shape index (κ1) is 18.5. The Labute approximate surface area is 164 Å². The van der Waals surface area contributed by atoms with Crippen LogP contribution < -0.4 is 15.5 Å². The second kappa shape index (κ2) is 7.28. The number of morpholine rings is 1. The van der Waals surface area contributed by atoms with Gasteiger partial charge in [-0.25, -0.2) is 4.39 Å². The molecule has 0 saturated carbocycles. The van der Waals surface area contributed by atoms with Crippen LogP contribution in [0, 0.1) is 12.7 Å². The molecule has 0 aliphatic carbocycles. The minimum atomic E-state index is -0.294. The maximum absolute atomic E-state index is 14.7. The van der Waals surface area contributed by atoms with E-state index in [1.807, 2.05) is 49.9 Å². The maximum Gasteiger partial charge on any atom is 0.257 e. The number of nitrogens with zero attached hydrogens (tertiary/aromatic N) is 1. The minimum Gasteiger partial charge on any atom is -0.372 e. The van der Waals surface area contributed by atoms with E-state index in [0.717, 1.165) is 16.8 Å². The molecule has 2 heterocycles. The van der Waals surface area contributed by atoms with Gasteiger partial charge >= 0.3 is 0 Å². The number of hydrogen-bond donors (Lipinski definition) is 2. The third-order valence-corrected chi connectivity index (χ3v) is 5.13. The monoisotopic (exact) mass is 381 g/mol. The molecule has 4 rings (SSSR count). The van der Waals surface area contributed by atoms with Gasteiger partial charge in [0, 0.05) is 36.2 Å². The summed E-state index contributed by atoms with van der Waals surface area (Å²) in [5, 5.41) is 5.92. The number of hydrogen-bond acceptors (Lipinski definition) is 4. The van der Waals surface area contributed by atoms with Crippen LogP contribution in [0.3, 0.4) is 0 Å². The smallest absolute Gasteiger partial charge is 0.257 e. The Bertz CT molecular complexity index is 947. The van der Waals surface area contributed by atoms with Crippen molar-refractivity contribution in [3.63, 3.8) is 0 Å². The maximum atomic E-state index is 14.7. The van der Waals surface area contributed by atoms with E-state index in [-0.39, 0.29) is 23.9 Å². The number of fused-ring (bicyclic) bond motifs is 1. The minimum absolute atomic E-state index is 0.0647. The van der Waals surface area contributed by atoms with Crippen LogP contribution in [0.1, 0.15) is 25.0 Å². The molecule has 0 spiro atoms. The molecule has 1 fully saturated rings. The second-order valence-electron chi connectivity index (χ2n) is 7.48. The van der Waals surface area contributed by atoms with Crippen molar-refractivity contribution in [2.24, 2.45) is 0 Å². The molecule has 2 atom stereocenters. The van der Waals surface area contributed by atoms with E-state index in [1.165, 1.54) is 6.07 Å². The molecule has 0 aromatic heterocycles. The molecule has 1 saturated heterocycles. The first-order valence-corrected chi connectivity index (χ1v) is 9.50. The fourth-order valence-corrected chi connectivity index (χ4v) is 3.95. The summed E-state index contributed by atoms with van der Waals surface area (Å²) in [7, 11) is 0. The summed E-state index contributed by atoms with van der Waals surface area (Å²) in [6, 6.07) is 10.8. The summed E-state index contributed by atoms with van der Waals surface area (Å²) in [6.45, 7) is 7.28. The zero-order chi connectivity index (χ0) is 19.8. The fourth-order valence-electron chi connectivity index (χ4n) is 3.95. The van der Waals surface area contributed by atoms with Gasteiger partial charge in [0.15, 0.2) is 0 Å². The topological polar surface area (TPSA) is 53.6 Å². The van der Waals surface area contributed by atoms with Crippen molar-refractivity contribution in [1.82, 2.24) is 0 Å². The van der Waals surface area contributed by atoms with Crippen LogP contribution in [0.25, 0.3) is 5.57 Å².